The highest BCUT2D eigenvalue weighted by molar-refractivity contribution is 6.06. The van der Waals surface area contributed by atoms with Gasteiger partial charge in [0.2, 0.25) is 0 Å². The third kappa shape index (κ3) is 5.61. The molecule has 0 unspecified atom stereocenters. The highest BCUT2D eigenvalue weighted by atomic mass is 19.3. The van der Waals surface area contributed by atoms with Gasteiger partial charge in [-0.25, -0.2) is 4.79 Å². The zero-order valence-corrected chi connectivity index (χ0v) is 16.9. The van der Waals surface area contributed by atoms with Crippen LogP contribution in [0.2, 0.25) is 0 Å². The average molecular weight is 462 g/mol. The van der Waals surface area contributed by atoms with Gasteiger partial charge in [0.05, 0.1) is 41.2 Å². The molecule has 10 nitrogen and oxygen atoms in total. The van der Waals surface area contributed by atoms with Gasteiger partial charge in [0.1, 0.15) is 6.61 Å². The molecule has 1 aromatic heterocycles. The van der Waals surface area contributed by atoms with E-state index in [2.05, 4.69) is 10.1 Å². The minimum absolute atomic E-state index is 0.0204. The number of nitro benzene ring substituents is 1. The fourth-order valence-electron chi connectivity index (χ4n) is 2.81. The summed E-state index contributed by atoms with van der Waals surface area (Å²) in [6, 6.07) is 10.7. The van der Waals surface area contributed by atoms with Gasteiger partial charge in [0.15, 0.2) is 17.3 Å². The second-order valence-electron chi connectivity index (χ2n) is 6.32. The number of ether oxygens (including phenoxy) is 3. The van der Waals surface area contributed by atoms with Gasteiger partial charge in [0, 0.05) is 0 Å². The van der Waals surface area contributed by atoms with Gasteiger partial charge in [-0.15, -0.1) is 0 Å². The molecule has 0 aliphatic carbocycles. The summed E-state index contributed by atoms with van der Waals surface area (Å²) in [7, 11) is 1.16. The van der Waals surface area contributed by atoms with E-state index in [1.807, 2.05) is 0 Å². The van der Waals surface area contributed by atoms with Crippen LogP contribution in [0.25, 0.3) is 0 Å². The van der Waals surface area contributed by atoms with Crippen LogP contribution in [0, 0.1) is 10.1 Å². The number of nitro groups is 1. The maximum atomic E-state index is 12.6. The minimum atomic E-state index is -3.23. The number of methoxy groups -OCH3 is 1. The Bertz CT molecular complexity index is 1170. The van der Waals surface area contributed by atoms with E-state index < -0.39 is 41.5 Å². The fourth-order valence-corrected chi connectivity index (χ4v) is 2.81. The molecule has 0 fully saturated rings. The summed E-state index contributed by atoms with van der Waals surface area (Å²) in [6.07, 6.45) is 1.31. The lowest BCUT2D eigenvalue weighted by Crippen LogP contribution is -2.15. The summed E-state index contributed by atoms with van der Waals surface area (Å²) in [6.45, 7) is -3.81. The second kappa shape index (κ2) is 10.2. The number of rotatable bonds is 9. The maximum Gasteiger partial charge on any atom is 0.387 e. The number of halogens is 2. The SMILES string of the molecule is COc1cc(COC(=O)c2ccccc2NC(=O)c2ccco2)c([N+](=O)[O-])cc1OC(F)F. The van der Waals surface area contributed by atoms with Gasteiger partial charge in [0.25, 0.3) is 11.6 Å². The zero-order chi connectivity index (χ0) is 24.0. The minimum Gasteiger partial charge on any atom is -0.493 e. The van der Waals surface area contributed by atoms with Gasteiger partial charge in [-0.3, -0.25) is 14.9 Å². The van der Waals surface area contributed by atoms with Crippen LogP contribution in [0.15, 0.2) is 59.2 Å². The molecule has 12 heteroatoms. The monoisotopic (exact) mass is 462 g/mol. The number of para-hydroxylation sites is 1. The van der Waals surface area contributed by atoms with Crippen LogP contribution in [0.3, 0.4) is 0 Å². The number of nitrogens with zero attached hydrogens (tertiary/aromatic N) is 1. The molecule has 1 heterocycles. The van der Waals surface area contributed by atoms with Crippen molar-refractivity contribution >= 4 is 23.3 Å². The quantitative estimate of drug-likeness (QED) is 0.281. The first-order valence-electron chi connectivity index (χ1n) is 9.21. The number of esters is 1. The van der Waals surface area contributed by atoms with E-state index in [0.29, 0.717) is 0 Å². The van der Waals surface area contributed by atoms with Crippen LogP contribution >= 0.6 is 0 Å². The number of hydrogen-bond acceptors (Lipinski definition) is 8. The summed E-state index contributed by atoms with van der Waals surface area (Å²) in [5.74, 6) is -2.23. The molecule has 0 aliphatic rings. The number of carbonyl (C=O) groups excluding carboxylic acids is 2. The molecule has 172 valence electrons. The van der Waals surface area contributed by atoms with Crippen LogP contribution < -0.4 is 14.8 Å². The van der Waals surface area contributed by atoms with Crippen molar-refractivity contribution in [3.05, 3.63) is 81.8 Å². The van der Waals surface area contributed by atoms with Gasteiger partial charge >= 0.3 is 12.6 Å². The molecule has 3 aromatic rings. The van der Waals surface area contributed by atoms with Crippen LogP contribution in [-0.2, 0) is 11.3 Å². The first-order chi connectivity index (χ1) is 15.8. The summed E-state index contributed by atoms with van der Waals surface area (Å²) in [4.78, 5) is 35.4. The molecule has 33 heavy (non-hydrogen) atoms. The fraction of sp³-hybridized carbons (Fsp3) is 0.143. The van der Waals surface area contributed by atoms with Crippen LogP contribution in [-0.4, -0.2) is 30.5 Å². The van der Waals surface area contributed by atoms with Crippen LogP contribution in [0.1, 0.15) is 26.5 Å². The lowest BCUT2D eigenvalue weighted by atomic mass is 10.1. The van der Waals surface area contributed by atoms with Gasteiger partial charge in [-0.2, -0.15) is 8.78 Å². The molecule has 1 N–H and O–H groups in total. The van der Waals surface area contributed by atoms with Crippen molar-refractivity contribution in [3.63, 3.8) is 0 Å². The molecule has 2 aromatic carbocycles. The highest BCUT2D eigenvalue weighted by Crippen LogP contribution is 2.36. The van der Waals surface area contributed by atoms with E-state index in [-0.39, 0.29) is 28.3 Å². The summed E-state index contributed by atoms with van der Waals surface area (Å²) >= 11 is 0. The molecule has 0 radical (unpaired) electrons. The average Bonchev–Trinajstić information content (AvgIpc) is 3.32. The van der Waals surface area contributed by atoms with E-state index in [1.54, 1.807) is 6.07 Å². The molecule has 0 bridgehead atoms. The van der Waals surface area contributed by atoms with Crippen molar-refractivity contribution in [2.75, 3.05) is 12.4 Å². The smallest absolute Gasteiger partial charge is 0.387 e. The van der Waals surface area contributed by atoms with E-state index in [1.165, 1.54) is 36.6 Å². The van der Waals surface area contributed by atoms with Gasteiger partial charge < -0.3 is 23.9 Å². The number of alkyl halides is 2. The standard InChI is InChI=1S/C21H16F2N2O8/c1-30-17-9-12(15(25(28)29)10-18(17)33-21(22)23)11-32-20(27)13-5-2-3-6-14(13)24-19(26)16-7-4-8-31-16/h2-10,21H,11H2,1H3,(H,24,26). The van der Waals surface area contributed by atoms with Crippen LogP contribution in [0.5, 0.6) is 11.5 Å². The third-order valence-electron chi connectivity index (χ3n) is 4.28. The molecule has 1 amide bonds. The molecular weight excluding hydrogens is 446 g/mol. The molecule has 3 rings (SSSR count). The summed E-state index contributed by atoms with van der Waals surface area (Å²) < 4.78 is 44.5. The number of furan rings is 1. The lowest BCUT2D eigenvalue weighted by Gasteiger charge is -2.13. The number of carbonyl (C=O) groups is 2. The number of benzene rings is 2. The first-order valence-corrected chi connectivity index (χ1v) is 9.21. The summed E-state index contributed by atoms with van der Waals surface area (Å²) in [5.41, 5.74) is -0.635. The van der Waals surface area contributed by atoms with Crippen molar-refractivity contribution in [2.24, 2.45) is 0 Å². The molecule has 0 saturated carbocycles. The van der Waals surface area contributed by atoms with Crippen molar-refractivity contribution in [1.82, 2.24) is 0 Å². The topological polar surface area (TPSA) is 130 Å². The summed E-state index contributed by atoms with van der Waals surface area (Å²) in [5, 5.41) is 13.9. The van der Waals surface area contributed by atoms with E-state index in [4.69, 9.17) is 13.9 Å². The molecule has 0 spiro atoms. The Morgan fingerprint density at radius 3 is 2.55 bits per heavy atom. The Kier molecular flexibility index (Phi) is 7.18. The largest absolute Gasteiger partial charge is 0.493 e. The van der Waals surface area contributed by atoms with Crippen molar-refractivity contribution in [3.8, 4) is 11.5 Å². The van der Waals surface area contributed by atoms with Crippen molar-refractivity contribution in [1.29, 1.82) is 0 Å². The third-order valence-corrected chi connectivity index (χ3v) is 4.28. The molecule has 0 saturated heterocycles. The van der Waals surface area contributed by atoms with E-state index in [9.17, 15) is 28.5 Å². The Labute approximate surface area is 184 Å². The normalized spacial score (nSPS) is 10.5. The maximum absolute atomic E-state index is 12.6. The molecule has 0 atom stereocenters. The predicted octanol–water partition coefficient (Wildman–Crippen LogP) is 4.41. The first kappa shape index (κ1) is 23.2. The molecular formula is C21H16F2N2O8. The number of amides is 1. The van der Waals surface area contributed by atoms with Crippen LogP contribution in [0.4, 0.5) is 20.2 Å². The number of nitrogens with one attached hydrogen (secondary N) is 1. The Hall–Kier alpha value is -4.48. The van der Waals surface area contributed by atoms with Crippen molar-refractivity contribution < 1.29 is 41.9 Å². The lowest BCUT2D eigenvalue weighted by molar-refractivity contribution is -0.386. The van der Waals surface area contributed by atoms with Gasteiger partial charge in [-0.1, -0.05) is 12.1 Å². The Morgan fingerprint density at radius 1 is 1.15 bits per heavy atom. The predicted molar refractivity (Wildman–Crippen MR) is 109 cm³/mol. The zero-order valence-electron chi connectivity index (χ0n) is 16.9. The Morgan fingerprint density at radius 2 is 1.91 bits per heavy atom. The number of anilines is 1. The van der Waals surface area contributed by atoms with E-state index >= 15 is 0 Å². The van der Waals surface area contributed by atoms with E-state index in [0.717, 1.165) is 19.2 Å². The van der Waals surface area contributed by atoms with Crippen molar-refractivity contribution in [2.45, 2.75) is 13.2 Å². The highest BCUT2D eigenvalue weighted by Gasteiger charge is 2.24. The Balaban J connectivity index is 1.81. The molecule has 0 aliphatic heterocycles. The van der Waals surface area contributed by atoms with Gasteiger partial charge in [-0.05, 0) is 30.3 Å². The second-order valence-corrected chi connectivity index (χ2v) is 6.32. The number of hydrogen-bond donors (Lipinski definition) is 1.